The minimum Gasteiger partial charge on any atom is -0.455 e. The maximum Gasteiger partial charge on any atom is 0.144 e. The summed E-state index contributed by atoms with van der Waals surface area (Å²) in [6.45, 7) is 2.84. The number of para-hydroxylation sites is 2. The monoisotopic (exact) mass is 632 g/mol. The number of hydrogen-bond donors (Lipinski definition) is 1. The van der Waals surface area contributed by atoms with Crippen molar-refractivity contribution in [1.82, 2.24) is 0 Å². The Bertz CT molecular complexity index is 2440. The zero-order valence-electron chi connectivity index (χ0n) is 27.4. The average molecular weight is 633 g/mol. The lowest BCUT2D eigenvalue weighted by Crippen LogP contribution is -2.43. The summed E-state index contributed by atoms with van der Waals surface area (Å²) in [5.74, 6) is 0. The topological polar surface area (TPSA) is 37.5 Å². The lowest BCUT2D eigenvalue weighted by atomic mass is 9.54. The molecule has 0 radical (unpaired) electrons. The lowest BCUT2D eigenvalue weighted by molar-refractivity contribution is 0.293. The largest absolute Gasteiger partial charge is 0.455 e. The highest BCUT2D eigenvalue weighted by Gasteiger charge is 2.55. The first kappa shape index (κ1) is 29.2. The molecule has 2 aliphatic carbocycles. The number of aliphatic imine (C=N–C) groups is 1. The number of fused-ring (bicyclic) bond motifs is 6. The highest BCUT2D eigenvalue weighted by molar-refractivity contribution is 6.10. The third kappa shape index (κ3) is 4.53. The number of nitrogens with zero attached hydrogens (tertiary/aromatic N) is 1. The van der Waals surface area contributed by atoms with Crippen molar-refractivity contribution in [2.24, 2.45) is 10.4 Å². The Kier molecular flexibility index (Phi) is 6.94. The molecule has 1 aromatic heterocycles. The van der Waals surface area contributed by atoms with Gasteiger partial charge in [0, 0.05) is 39.2 Å². The zero-order chi connectivity index (χ0) is 32.8. The molecule has 49 heavy (non-hydrogen) atoms. The fourth-order valence-corrected chi connectivity index (χ4v) is 8.42. The Balaban J connectivity index is 1.19. The lowest BCUT2D eigenvalue weighted by Gasteiger charge is -2.48. The normalized spacial score (nSPS) is 19.4. The van der Waals surface area contributed by atoms with Crippen molar-refractivity contribution in [3.05, 3.63) is 186 Å². The van der Waals surface area contributed by atoms with Gasteiger partial charge in [-0.25, -0.2) is 0 Å². The molecule has 0 spiro atoms. The van der Waals surface area contributed by atoms with Crippen LogP contribution in [0.2, 0.25) is 0 Å². The van der Waals surface area contributed by atoms with Crippen molar-refractivity contribution in [3.8, 4) is 22.3 Å². The number of benzene rings is 6. The van der Waals surface area contributed by atoms with Crippen molar-refractivity contribution >= 4 is 33.8 Å². The van der Waals surface area contributed by atoms with Gasteiger partial charge in [0.25, 0.3) is 0 Å². The summed E-state index contributed by atoms with van der Waals surface area (Å²) < 4.78 is 6.27. The second-order valence-corrected chi connectivity index (χ2v) is 13.3. The molecule has 0 aliphatic heterocycles. The molecule has 9 rings (SSSR count). The van der Waals surface area contributed by atoms with E-state index in [9.17, 15) is 0 Å². The van der Waals surface area contributed by atoms with Crippen LogP contribution in [0, 0.1) is 5.41 Å². The second-order valence-electron chi connectivity index (χ2n) is 13.3. The molecule has 7 aromatic rings. The number of nitrogens with one attached hydrogen (secondary N) is 1. The van der Waals surface area contributed by atoms with E-state index in [0.29, 0.717) is 6.67 Å². The Morgan fingerprint density at radius 1 is 0.694 bits per heavy atom. The zero-order valence-corrected chi connectivity index (χ0v) is 27.4. The molecule has 236 valence electrons. The van der Waals surface area contributed by atoms with Gasteiger partial charge in [-0.15, -0.1) is 0 Å². The summed E-state index contributed by atoms with van der Waals surface area (Å²) in [6.07, 6.45) is 12.0. The smallest absolute Gasteiger partial charge is 0.144 e. The first-order valence-corrected chi connectivity index (χ1v) is 17.1. The van der Waals surface area contributed by atoms with E-state index >= 15 is 0 Å². The van der Waals surface area contributed by atoms with Crippen LogP contribution in [0.15, 0.2) is 173 Å². The molecule has 2 aliphatic rings. The van der Waals surface area contributed by atoms with E-state index < -0.39 is 5.41 Å². The van der Waals surface area contributed by atoms with Crippen LogP contribution in [0.5, 0.6) is 0 Å². The van der Waals surface area contributed by atoms with Gasteiger partial charge < -0.3 is 9.73 Å². The van der Waals surface area contributed by atoms with Crippen molar-refractivity contribution in [2.45, 2.75) is 18.8 Å². The quantitative estimate of drug-likeness (QED) is 0.178. The molecule has 0 fully saturated rings. The van der Waals surface area contributed by atoms with Gasteiger partial charge in [-0.3, -0.25) is 4.99 Å². The van der Waals surface area contributed by atoms with Gasteiger partial charge in [-0.2, -0.15) is 0 Å². The third-order valence-corrected chi connectivity index (χ3v) is 10.6. The van der Waals surface area contributed by atoms with Crippen LogP contribution < -0.4 is 5.32 Å². The van der Waals surface area contributed by atoms with Crippen LogP contribution in [0.1, 0.15) is 35.6 Å². The van der Waals surface area contributed by atoms with Gasteiger partial charge >= 0.3 is 0 Å². The van der Waals surface area contributed by atoms with E-state index in [-0.39, 0.29) is 5.41 Å². The van der Waals surface area contributed by atoms with Gasteiger partial charge in [0.15, 0.2) is 0 Å². The summed E-state index contributed by atoms with van der Waals surface area (Å²) in [7, 11) is 0. The van der Waals surface area contributed by atoms with Crippen LogP contribution in [0.3, 0.4) is 0 Å². The third-order valence-electron chi connectivity index (χ3n) is 10.6. The van der Waals surface area contributed by atoms with Crippen LogP contribution in [-0.2, 0) is 5.41 Å². The molecule has 6 aromatic carbocycles. The fourth-order valence-electron chi connectivity index (χ4n) is 8.42. The molecule has 0 saturated heterocycles. The molecule has 1 heterocycles. The summed E-state index contributed by atoms with van der Waals surface area (Å²) in [5, 5.41) is 5.98. The maximum atomic E-state index is 6.27. The van der Waals surface area contributed by atoms with Crippen LogP contribution in [0.4, 0.5) is 5.69 Å². The van der Waals surface area contributed by atoms with E-state index in [1.807, 2.05) is 18.3 Å². The molecule has 2 unspecified atom stereocenters. The van der Waals surface area contributed by atoms with Crippen LogP contribution in [-0.4, -0.2) is 12.9 Å². The first-order chi connectivity index (χ1) is 24.2. The maximum absolute atomic E-state index is 6.27. The van der Waals surface area contributed by atoms with Gasteiger partial charge in [-0.05, 0) is 64.1 Å². The molecule has 3 heteroatoms. The van der Waals surface area contributed by atoms with Gasteiger partial charge in [0.2, 0.25) is 0 Å². The summed E-state index contributed by atoms with van der Waals surface area (Å²) >= 11 is 0. The Morgan fingerprint density at radius 3 is 2.29 bits per heavy atom. The highest BCUT2D eigenvalue weighted by Crippen LogP contribution is 2.63. The minimum atomic E-state index is -0.396. The van der Waals surface area contributed by atoms with Crippen LogP contribution in [0.25, 0.3) is 44.2 Å². The number of allylic oxidation sites excluding steroid dienone is 4. The van der Waals surface area contributed by atoms with Gasteiger partial charge in [0.05, 0.1) is 5.41 Å². The van der Waals surface area contributed by atoms with Crippen molar-refractivity contribution in [3.63, 3.8) is 0 Å². The van der Waals surface area contributed by atoms with E-state index in [2.05, 4.69) is 164 Å². The highest BCUT2D eigenvalue weighted by atomic mass is 16.3. The van der Waals surface area contributed by atoms with Gasteiger partial charge in [-0.1, -0.05) is 146 Å². The molecule has 0 bridgehead atoms. The fraction of sp³-hybridized carbons (Fsp3) is 0.109. The van der Waals surface area contributed by atoms with E-state index in [0.717, 1.165) is 45.2 Å². The molecular weight excluding hydrogens is 597 g/mol. The number of hydrogen-bond acceptors (Lipinski definition) is 3. The predicted molar refractivity (Wildman–Crippen MR) is 204 cm³/mol. The van der Waals surface area contributed by atoms with E-state index in [4.69, 9.17) is 9.41 Å². The SMILES string of the molecule is CC1(C2(c3ccccc3)c3ccccc3-c3cc(-c4ccccc4)c(NC/N=C/c4cccc5c4oc4ccccc45)cc32)C=CC=CC1. The molecule has 1 N–H and O–H groups in total. The first-order valence-electron chi connectivity index (χ1n) is 17.1. The predicted octanol–water partition coefficient (Wildman–Crippen LogP) is 11.6. The second kappa shape index (κ2) is 11.6. The number of rotatable bonds is 7. The standard InChI is InChI=1S/C46H36N2O/c1-45(26-13-4-14-27-45)46(34-19-7-3-8-20-34)40-24-11-9-21-35(40)39-28-38(32-16-5-2-6-17-32)42(29-41(39)46)48-31-47-30-33-18-15-23-37-36-22-10-12-25-43(36)49-44(33)37/h2-26,28-30,48H,27,31H2,1H3/b47-30+. The molecule has 3 nitrogen and oxygen atoms in total. The van der Waals surface area contributed by atoms with Crippen molar-refractivity contribution < 1.29 is 4.42 Å². The van der Waals surface area contributed by atoms with Crippen molar-refractivity contribution in [1.29, 1.82) is 0 Å². The van der Waals surface area contributed by atoms with Gasteiger partial charge in [0.1, 0.15) is 17.8 Å². The molecular formula is C46H36N2O. The average Bonchev–Trinajstić information content (AvgIpc) is 3.68. The Labute approximate surface area is 287 Å². The summed E-state index contributed by atoms with van der Waals surface area (Å²) in [6, 6.07) is 50.1. The van der Waals surface area contributed by atoms with Crippen LogP contribution >= 0.6 is 0 Å². The Morgan fingerprint density at radius 2 is 1.45 bits per heavy atom. The molecule has 2 atom stereocenters. The summed E-state index contributed by atoms with van der Waals surface area (Å²) in [4.78, 5) is 4.91. The Hall–Kier alpha value is -5.93. The number of furan rings is 1. The summed E-state index contributed by atoms with van der Waals surface area (Å²) in [5.41, 5.74) is 12.1. The van der Waals surface area contributed by atoms with E-state index in [1.54, 1.807) is 0 Å². The molecule has 0 amide bonds. The molecule has 0 saturated carbocycles. The minimum absolute atomic E-state index is 0.195. The number of anilines is 1. The van der Waals surface area contributed by atoms with E-state index in [1.165, 1.54) is 33.4 Å². The van der Waals surface area contributed by atoms with Crippen molar-refractivity contribution in [2.75, 3.05) is 12.0 Å².